The first-order valence-corrected chi connectivity index (χ1v) is 7.18. The Balaban J connectivity index is 1.66. The molecular formula is C12H12ClN5OS. The number of fused-ring (bicyclic) bond motifs is 1. The van der Waals surface area contributed by atoms with Crippen LogP contribution in [0.15, 0.2) is 18.2 Å². The highest BCUT2D eigenvalue weighted by molar-refractivity contribution is 7.20. The van der Waals surface area contributed by atoms with Gasteiger partial charge in [0.05, 0.1) is 6.61 Å². The van der Waals surface area contributed by atoms with Crippen molar-refractivity contribution in [2.75, 3.05) is 12.3 Å². The van der Waals surface area contributed by atoms with Crippen molar-refractivity contribution in [3.05, 3.63) is 34.6 Å². The number of aryl methyl sites for hydroxylation is 1. The summed E-state index contributed by atoms with van der Waals surface area (Å²) in [5.74, 6) is 1.52. The molecule has 2 aromatic heterocycles. The summed E-state index contributed by atoms with van der Waals surface area (Å²) in [4.78, 5) is 0.694. The van der Waals surface area contributed by atoms with Gasteiger partial charge >= 0.3 is 0 Å². The number of rotatable bonds is 4. The van der Waals surface area contributed by atoms with Crippen LogP contribution in [0.2, 0.25) is 5.02 Å². The lowest BCUT2D eigenvalue weighted by atomic mass is 10.2. The molecule has 0 saturated heterocycles. The molecule has 0 bridgehead atoms. The quantitative estimate of drug-likeness (QED) is 0.800. The Morgan fingerprint density at radius 2 is 2.25 bits per heavy atom. The second-order valence-electron chi connectivity index (χ2n) is 4.26. The zero-order valence-electron chi connectivity index (χ0n) is 10.7. The Labute approximate surface area is 124 Å². The van der Waals surface area contributed by atoms with Gasteiger partial charge in [0.1, 0.15) is 5.75 Å². The van der Waals surface area contributed by atoms with Crippen LogP contribution < -0.4 is 10.5 Å². The van der Waals surface area contributed by atoms with E-state index in [1.807, 2.05) is 25.1 Å². The number of nitrogens with zero attached hydrogens (tertiary/aromatic N) is 4. The number of ether oxygens (including phenoxy) is 1. The first-order valence-electron chi connectivity index (χ1n) is 5.99. The Morgan fingerprint density at radius 1 is 1.40 bits per heavy atom. The molecule has 0 amide bonds. The minimum Gasteiger partial charge on any atom is -0.493 e. The molecule has 8 heteroatoms. The molecule has 0 fully saturated rings. The zero-order chi connectivity index (χ0) is 14.1. The lowest BCUT2D eigenvalue weighted by Gasteiger charge is -2.06. The van der Waals surface area contributed by atoms with E-state index in [1.165, 1.54) is 11.3 Å². The number of hydrogen-bond donors (Lipinski definition) is 1. The highest BCUT2D eigenvalue weighted by Gasteiger charge is 2.10. The molecule has 0 aliphatic carbocycles. The highest BCUT2D eigenvalue weighted by Crippen LogP contribution is 2.21. The molecule has 6 nitrogen and oxygen atoms in total. The van der Waals surface area contributed by atoms with Crippen LogP contribution in [0.4, 0.5) is 5.13 Å². The fraction of sp³-hybridized carbons (Fsp3) is 0.250. The van der Waals surface area contributed by atoms with E-state index in [1.54, 1.807) is 4.52 Å². The summed E-state index contributed by atoms with van der Waals surface area (Å²) in [7, 11) is 0. The molecule has 0 unspecified atom stereocenters. The van der Waals surface area contributed by atoms with Gasteiger partial charge in [-0.1, -0.05) is 22.9 Å². The smallest absolute Gasteiger partial charge is 0.236 e. The summed E-state index contributed by atoms with van der Waals surface area (Å²) >= 11 is 7.27. The van der Waals surface area contributed by atoms with Crippen LogP contribution in [-0.4, -0.2) is 26.4 Å². The van der Waals surface area contributed by atoms with E-state index in [0.29, 0.717) is 23.1 Å². The molecule has 3 aromatic rings. The predicted molar refractivity (Wildman–Crippen MR) is 78.5 cm³/mol. The Bertz CT molecular complexity index is 753. The van der Waals surface area contributed by atoms with Gasteiger partial charge in [0, 0.05) is 11.4 Å². The molecule has 3 rings (SSSR count). The number of aromatic nitrogens is 4. The van der Waals surface area contributed by atoms with Crippen LogP contribution in [0.25, 0.3) is 4.96 Å². The van der Waals surface area contributed by atoms with Crippen molar-refractivity contribution < 1.29 is 4.74 Å². The minimum absolute atomic E-state index is 0.477. The number of benzene rings is 1. The molecule has 104 valence electrons. The summed E-state index contributed by atoms with van der Waals surface area (Å²) in [6.45, 7) is 2.43. The summed E-state index contributed by atoms with van der Waals surface area (Å²) in [6, 6.07) is 5.57. The van der Waals surface area contributed by atoms with Gasteiger partial charge in [-0.25, -0.2) is 0 Å². The van der Waals surface area contributed by atoms with Gasteiger partial charge < -0.3 is 10.5 Å². The third-order valence-corrected chi connectivity index (χ3v) is 3.95. The monoisotopic (exact) mass is 309 g/mol. The lowest BCUT2D eigenvalue weighted by Crippen LogP contribution is -2.06. The molecule has 2 heterocycles. The Kier molecular flexibility index (Phi) is 3.45. The standard InChI is InChI=1S/C12H12ClN5OS/c1-7-6-8(2-3-9(7)13)19-5-4-10-15-16-12-18(10)17-11(14)20-12/h2-3,6H,4-5H2,1H3,(H2,14,17). The predicted octanol–water partition coefficient (Wildman–Crippen LogP) is 2.35. The van der Waals surface area contributed by atoms with Crippen LogP contribution in [-0.2, 0) is 6.42 Å². The average Bonchev–Trinajstić information content (AvgIpc) is 2.94. The second-order valence-corrected chi connectivity index (χ2v) is 5.66. The largest absolute Gasteiger partial charge is 0.493 e. The number of nitrogen functional groups attached to an aromatic ring is 1. The van der Waals surface area contributed by atoms with Crippen LogP contribution in [0.5, 0.6) is 5.75 Å². The third-order valence-electron chi connectivity index (χ3n) is 2.79. The van der Waals surface area contributed by atoms with E-state index >= 15 is 0 Å². The second kappa shape index (κ2) is 5.26. The van der Waals surface area contributed by atoms with Crippen LogP contribution in [0, 0.1) is 6.92 Å². The molecule has 20 heavy (non-hydrogen) atoms. The van der Waals surface area contributed by atoms with Crippen LogP contribution in [0.1, 0.15) is 11.4 Å². The van der Waals surface area contributed by atoms with Crippen molar-refractivity contribution in [3.8, 4) is 5.75 Å². The maximum absolute atomic E-state index is 5.97. The molecular weight excluding hydrogens is 298 g/mol. The zero-order valence-corrected chi connectivity index (χ0v) is 12.3. The summed E-state index contributed by atoms with van der Waals surface area (Å²) in [5, 5.41) is 13.4. The minimum atomic E-state index is 0.477. The van der Waals surface area contributed by atoms with E-state index in [-0.39, 0.29) is 0 Å². The van der Waals surface area contributed by atoms with Crippen LogP contribution >= 0.6 is 22.9 Å². The fourth-order valence-corrected chi connectivity index (χ4v) is 2.54. The average molecular weight is 310 g/mol. The number of hydrogen-bond acceptors (Lipinski definition) is 6. The van der Waals surface area contributed by atoms with E-state index in [2.05, 4.69) is 15.3 Å². The lowest BCUT2D eigenvalue weighted by molar-refractivity contribution is 0.317. The van der Waals surface area contributed by atoms with Crippen molar-refractivity contribution >= 4 is 33.0 Å². The van der Waals surface area contributed by atoms with Gasteiger partial charge in [0.15, 0.2) is 5.82 Å². The Morgan fingerprint density at radius 3 is 3.05 bits per heavy atom. The molecule has 2 N–H and O–H groups in total. The van der Waals surface area contributed by atoms with Crippen LogP contribution in [0.3, 0.4) is 0 Å². The van der Waals surface area contributed by atoms with Crippen molar-refractivity contribution in [1.29, 1.82) is 0 Å². The number of nitrogens with two attached hydrogens (primary N) is 1. The molecule has 1 aromatic carbocycles. The molecule has 0 atom stereocenters. The van der Waals surface area contributed by atoms with Crippen molar-refractivity contribution in [1.82, 2.24) is 19.8 Å². The maximum Gasteiger partial charge on any atom is 0.236 e. The first kappa shape index (κ1) is 13.1. The molecule has 0 spiro atoms. The Hall–Kier alpha value is -1.86. The van der Waals surface area contributed by atoms with Gasteiger partial charge in [-0.15, -0.1) is 15.3 Å². The van der Waals surface area contributed by atoms with Crippen molar-refractivity contribution in [2.24, 2.45) is 0 Å². The van der Waals surface area contributed by atoms with Gasteiger partial charge in [0.25, 0.3) is 0 Å². The maximum atomic E-state index is 5.97. The van der Waals surface area contributed by atoms with Gasteiger partial charge in [-0.05, 0) is 30.7 Å². The van der Waals surface area contributed by atoms with E-state index in [4.69, 9.17) is 22.1 Å². The summed E-state index contributed by atoms with van der Waals surface area (Å²) in [6.07, 6.45) is 0.603. The van der Waals surface area contributed by atoms with E-state index in [9.17, 15) is 0 Å². The fourth-order valence-electron chi connectivity index (χ4n) is 1.80. The molecule has 0 radical (unpaired) electrons. The molecule has 0 aliphatic heterocycles. The van der Waals surface area contributed by atoms with Gasteiger partial charge in [-0.2, -0.15) is 4.52 Å². The molecule has 0 aliphatic rings. The van der Waals surface area contributed by atoms with E-state index in [0.717, 1.165) is 22.2 Å². The number of anilines is 1. The molecule has 0 saturated carbocycles. The topological polar surface area (TPSA) is 78.3 Å². The van der Waals surface area contributed by atoms with Crippen molar-refractivity contribution in [2.45, 2.75) is 13.3 Å². The van der Waals surface area contributed by atoms with Gasteiger partial charge in [-0.3, -0.25) is 0 Å². The normalized spacial score (nSPS) is 11.1. The van der Waals surface area contributed by atoms with Gasteiger partial charge in [0.2, 0.25) is 10.1 Å². The van der Waals surface area contributed by atoms with E-state index < -0.39 is 0 Å². The SMILES string of the molecule is Cc1cc(OCCc2nnc3sc(N)nn23)ccc1Cl. The first-order chi connectivity index (χ1) is 9.63. The summed E-state index contributed by atoms with van der Waals surface area (Å²) in [5.41, 5.74) is 6.62. The highest BCUT2D eigenvalue weighted by atomic mass is 35.5. The third kappa shape index (κ3) is 2.54. The summed E-state index contributed by atoms with van der Waals surface area (Å²) < 4.78 is 7.32. The number of halogens is 1. The van der Waals surface area contributed by atoms with Crippen molar-refractivity contribution in [3.63, 3.8) is 0 Å².